The zero-order chi connectivity index (χ0) is 26.7. The van der Waals surface area contributed by atoms with Gasteiger partial charge >= 0.3 is 0 Å². The maximum absolute atomic E-state index is 2.56. The number of hydrogen-bond donors (Lipinski definition) is 0. The Morgan fingerprint density at radius 1 is 0.550 bits per heavy atom. The van der Waals surface area contributed by atoms with Gasteiger partial charge in [-0.2, -0.15) is 0 Å². The van der Waals surface area contributed by atoms with E-state index in [1.807, 2.05) is 0 Å². The van der Waals surface area contributed by atoms with E-state index in [2.05, 4.69) is 122 Å². The largest absolute Gasteiger partial charge is 0.0842 e. The van der Waals surface area contributed by atoms with Crippen LogP contribution in [0, 0.1) is 23.7 Å². The zero-order valence-corrected chi connectivity index (χ0v) is 23.5. The molecule has 4 atom stereocenters. The molecular formula is C40H40. The molecule has 0 saturated heterocycles. The molecule has 0 saturated carbocycles. The molecule has 0 aliphatic heterocycles. The van der Waals surface area contributed by atoms with Gasteiger partial charge in [-0.15, -0.1) is 0 Å². The third-order valence-corrected chi connectivity index (χ3v) is 9.65. The maximum Gasteiger partial charge on any atom is 0.0128 e. The Kier molecular flexibility index (Phi) is 7.26. The van der Waals surface area contributed by atoms with Crippen LogP contribution in [0.3, 0.4) is 0 Å². The van der Waals surface area contributed by atoms with E-state index >= 15 is 0 Å². The van der Waals surface area contributed by atoms with Crippen molar-refractivity contribution in [3.8, 4) is 0 Å². The standard InChI is InChI=1S/C40H40/c1-4-14-30(15-5-1)39(31-16-6-2-7-17-31)40(32-18-8-3-9-19-32)33-26-24-29(25-27-33)38-28-34-20-10-11-21-35(34)36-22-12-13-23-37(36)38/h1-6,8-9,11-14,16,18,21-24,26,28,30,32,36-37H,7,10,15,17,19-20,25,27H2. The highest BCUT2D eigenvalue weighted by Crippen LogP contribution is 2.47. The molecule has 200 valence electrons. The molecule has 0 nitrogen and oxygen atoms in total. The quantitative estimate of drug-likeness (QED) is 0.338. The third kappa shape index (κ3) is 4.90. The van der Waals surface area contributed by atoms with Gasteiger partial charge in [0.25, 0.3) is 0 Å². The third-order valence-electron chi connectivity index (χ3n) is 9.65. The van der Waals surface area contributed by atoms with Gasteiger partial charge < -0.3 is 0 Å². The molecule has 0 spiro atoms. The summed E-state index contributed by atoms with van der Waals surface area (Å²) in [7, 11) is 0. The molecule has 0 aromatic carbocycles. The van der Waals surface area contributed by atoms with Crippen LogP contribution in [-0.4, -0.2) is 0 Å². The zero-order valence-electron chi connectivity index (χ0n) is 23.5. The van der Waals surface area contributed by atoms with Crippen LogP contribution < -0.4 is 0 Å². The summed E-state index contributed by atoms with van der Waals surface area (Å²) in [6, 6.07) is 0. The lowest BCUT2D eigenvalue weighted by Crippen LogP contribution is -2.24. The van der Waals surface area contributed by atoms with Crippen LogP contribution in [0.25, 0.3) is 0 Å². The van der Waals surface area contributed by atoms with Gasteiger partial charge in [0.2, 0.25) is 0 Å². The van der Waals surface area contributed by atoms with E-state index in [1.165, 1.54) is 12.8 Å². The molecule has 40 heavy (non-hydrogen) atoms. The first-order chi connectivity index (χ1) is 19.9. The Labute approximate surface area is 240 Å². The number of rotatable bonds is 5. The maximum atomic E-state index is 2.56. The Morgan fingerprint density at radius 3 is 1.90 bits per heavy atom. The first-order valence-electron chi connectivity index (χ1n) is 15.5. The molecule has 0 heteroatoms. The van der Waals surface area contributed by atoms with Crippen LogP contribution in [0.5, 0.6) is 0 Å². The number of fused-ring (bicyclic) bond motifs is 2. The van der Waals surface area contributed by atoms with Gasteiger partial charge in [0.1, 0.15) is 0 Å². The first-order valence-corrected chi connectivity index (χ1v) is 15.5. The molecule has 0 heterocycles. The van der Waals surface area contributed by atoms with Crippen LogP contribution >= 0.6 is 0 Å². The Morgan fingerprint density at radius 2 is 1.25 bits per heavy atom. The molecule has 0 radical (unpaired) electrons. The molecular weight excluding hydrogens is 480 g/mol. The molecule has 0 N–H and O–H groups in total. The van der Waals surface area contributed by atoms with Gasteiger partial charge in [-0.3, -0.25) is 0 Å². The van der Waals surface area contributed by atoms with Crippen molar-refractivity contribution in [2.24, 2.45) is 23.7 Å². The van der Waals surface area contributed by atoms with Gasteiger partial charge in [-0.05, 0) is 96.0 Å². The van der Waals surface area contributed by atoms with Crippen molar-refractivity contribution in [3.05, 3.63) is 166 Å². The molecule has 0 amide bonds. The van der Waals surface area contributed by atoms with Crippen molar-refractivity contribution < 1.29 is 0 Å². The lowest BCUT2D eigenvalue weighted by molar-refractivity contribution is 0.587. The van der Waals surface area contributed by atoms with Gasteiger partial charge in [0, 0.05) is 23.7 Å². The summed E-state index contributed by atoms with van der Waals surface area (Å²) in [5.41, 5.74) is 12.5. The van der Waals surface area contributed by atoms with Crippen molar-refractivity contribution in [1.29, 1.82) is 0 Å². The fraction of sp³-hybridized carbons (Fsp3) is 0.300. The molecule has 0 aromatic rings. The Balaban J connectivity index is 1.32. The van der Waals surface area contributed by atoms with E-state index in [0.717, 1.165) is 38.5 Å². The number of hydrogen-bond acceptors (Lipinski definition) is 0. The highest BCUT2D eigenvalue weighted by atomic mass is 14.4. The minimum atomic E-state index is 0.443. The predicted molar refractivity (Wildman–Crippen MR) is 170 cm³/mol. The number of allylic oxidation sites excluding steroid dienone is 28. The van der Waals surface area contributed by atoms with Crippen LogP contribution in [0.4, 0.5) is 0 Å². The highest BCUT2D eigenvalue weighted by molar-refractivity contribution is 5.58. The average molecular weight is 521 g/mol. The second-order valence-electron chi connectivity index (χ2n) is 12.0. The molecule has 0 aromatic heterocycles. The summed E-state index contributed by atoms with van der Waals surface area (Å²) in [6.07, 6.45) is 56.3. The van der Waals surface area contributed by atoms with E-state index in [1.54, 1.807) is 44.6 Å². The first kappa shape index (κ1) is 25.3. The average Bonchev–Trinajstić information content (AvgIpc) is 3.04. The lowest BCUT2D eigenvalue weighted by Gasteiger charge is -2.36. The molecule has 7 aliphatic carbocycles. The Bertz CT molecular complexity index is 1490. The Hall–Kier alpha value is -3.64. The minimum absolute atomic E-state index is 0.443. The van der Waals surface area contributed by atoms with E-state index in [9.17, 15) is 0 Å². The summed E-state index contributed by atoms with van der Waals surface area (Å²) in [6.45, 7) is 0. The topological polar surface area (TPSA) is 0 Å². The van der Waals surface area contributed by atoms with E-state index in [4.69, 9.17) is 0 Å². The minimum Gasteiger partial charge on any atom is -0.0842 e. The van der Waals surface area contributed by atoms with E-state index in [-0.39, 0.29) is 0 Å². The summed E-state index contributed by atoms with van der Waals surface area (Å²) in [4.78, 5) is 0. The summed E-state index contributed by atoms with van der Waals surface area (Å²) in [5.74, 6) is 1.84. The normalized spacial score (nSPS) is 30.8. The smallest absolute Gasteiger partial charge is 0.0128 e. The molecule has 7 aliphatic rings. The summed E-state index contributed by atoms with van der Waals surface area (Å²) in [5, 5.41) is 0. The second-order valence-corrected chi connectivity index (χ2v) is 12.0. The summed E-state index contributed by atoms with van der Waals surface area (Å²) >= 11 is 0. The van der Waals surface area contributed by atoms with Gasteiger partial charge in [0.05, 0.1) is 0 Å². The van der Waals surface area contributed by atoms with Crippen molar-refractivity contribution in [2.75, 3.05) is 0 Å². The van der Waals surface area contributed by atoms with Gasteiger partial charge in [-0.25, -0.2) is 0 Å². The van der Waals surface area contributed by atoms with Crippen LogP contribution in [0.15, 0.2) is 166 Å². The fourth-order valence-electron chi connectivity index (χ4n) is 7.71. The van der Waals surface area contributed by atoms with E-state index < -0.39 is 0 Å². The highest BCUT2D eigenvalue weighted by Gasteiger charge is 2.33. The van der Waals surface area contributed by atoms with Crippen LogP contribution in [-0.2, 0) is 0 Å². The van der Waals surface area contributed by atoms with Gasteiger partial charge in [0.15, 0.2) is 0 Å². The SMILES string of the molecule is C1=CCCC(C(=C(C2=CC=C(C3=CC4=C(C=CCC4)C4C=CC=CC34)CC2)C2C=CC=CC2)C2C=CC=CC2)=C1. The van der Waals surface area contributed by atoms with Crippen molar-refractivity contribution >= 4 is 0 Å². The lowest BCUT2D eigenvalue weighted by atomic mass is 9.67. The van der Waals surface area contributed by atoms with Crippen molar-refractivity contribution in [1.82, 2.24) is 0 Å². The fourth-order valence-corrected chi connectivity index (χ4v) is 7.71. The van der Waals surface area contributed by atoms with Crippen molar-refractivity contribution in [3.63, 3.8) is 0 Å². The van der Waals surface area contributed by atoms with E-state index in [0.29, 0.717) is 23.7 Å². The second kappa shape index (κ2) is 11.5. The molecule has 7 rings (SSSR count). The molecule has 0 fully saturated rings. The van der Waals surface area contributed by atoms with Crippen LogP contribution in [0.2, 0.25) is 0 Å². The molecule has 0 bridgehead atoms. The van der Waals surface area contributed by atoms with Gasteiger partial charge in [-0.1, -0.05) is 122 Å². The van der Waals surface area contributed by atoms with Crippen molar-refractivity contribution in [2.45, 2.75) is 51.4 Å². The summed E-state index contributed by atoms with van der Waals surface area (Å²) < 4.78 is 0. The monoisotopic (exact) mass is 520 g/mol. The van der Waals surface area contributed by atoms with Crippen LogP contribution in [0.1, 0.15) is 51.4 Å². The molecule has 4 unspecified atom stereocenters. The predicted octanol–water partition coefficient (Wildman–Crippen LogP) is 10.4.